The molecule has 0 spiro atoms. The first-order valence-electron chi connectivity index (χ1n) is 29.9. The van der Waals surface area contributed by atoms with E-state index >= 15 is 0 Å². The van der Waals surface area contributed by atoms with Crippen molar-refractivity contribution in [3.8, 4) is 68.5 Å². The summed E-state index contributed by atoms with van der Waals surface area (Å²) in [5.41, 5.74) is 5.64. The largest absolute Gasteiger partial charge is 0.494 e. The number of unbranched alkanes of at least 4 members (excludes halogenated alkanes) is 8. The number of aromatic amines is 2. The fraction of sp³-hybridized carbons (Fsp3) is 0.294. The van der Waals surface area contributed by atoms with Crippen LogP contribution in [0.5, 0.6) is 23.0 Å². The van der Waals surface area contributed by atoms with Gasteiger partial charge in [0.15, 0.2) is 23.3 Å². The monoisotopic (exact) mass is 1120 g/mol. The van der Waals surface area contributed by atoms with Crippen LogP contribution in [0.15, 0.2) is 171 Å². The van der Waals surface area contributed by atoms with Crippen molar-refractivity contribution in [1.82, 2.24) is 58.1 Å². The molecular weight excluding hydrogens is 1050 g/mol. The Morgan fingerprint density at radius 1 is 0.274 bits per heavy atom. The third-order valence-corrected chi connectivity index (χ3v) is 15.7. The molecule has 0 fully saturated rings. The first-order chi connectivity index (χ1) is 41.6. The maximum Gasteiger partial charge on any atom is 0.164 e. The standard InChI is InChI=1S/C68H70N12O4/c1(5-29-77-33-9-10-34-77)17-41-81-49-21-25-53-57(45-49)65-69-61(53)74-66-59-47-51(83-43-19-3-7-31-79-37-13-14-38-79)23-27-55(59)63(71-66)76-68-60-48-52(84-44-20-4-8-32-80-39-15-16-40-80)24-28-56(60)64(72-68)75-67-58-46-50(22-26-54(58)62(70-67)73-65)82-42-18-2-6-30-78-35-11-12-36-78/h9-16,21-28,33-40,45-48H,1-8,17-20,29-32,41-44H2,(H2,69,70,71,72,73,74,75,76). The molecule has 16 nitrogen and oxygen atoms in total. The Kier molecular flexibility index (Phi) is 16.5. The number of hydrogen-bond acceptors (Lipinski definition) is 10. The van der Waals surface area contributed by atoms with Crippen LogP contribution in [0.25, 0.3) is 89.7 Å². The summed E-state index contributed by atoms with van der Waals surface area (Å²) in [6.07, 6.45) is 29.2. The van der Waals surface area contributed by atoms with E-state index in [0.29, 0.717) is 72.3 Å². The number of nitrogens with zero attached hydrogens (tertiary/aromatic N) is 10. The number of fused-ring (bicyclic) bond motifs is 20. The summed E-state index contributed by atoms with van der Waals surface area (Å²) in [4.78, 5) is 39.2. The number of benzene rings is 4. The number of nitrogens with one attached hydrogen (secondary N) is 2. The zero-order valence-corrected chi connectivity index (χ0v) is 47.4. The Bertz CT molecular complexity index is 3860. The van der Waals surface area contributed by atoms with Gasteiger partial charge in [0.25, 0.3) is 0 Å². The predicted molar refractivity (Wildman–Crippen MR) is 331 cm³/mol. The van der Waals surface area contributed by atoms with Gasteiger partial charge >= 0.3 is 0 Å². The highest BCUT2D eigenvalue weighted by molar-refractivity contribution is 6.07. The van der Waals surface area contributed by atoms with Crippen molar-refractivity contribution in [3.63, 3.8) is 0 Å². The van der Waals surface area contributed by atoms with Gasteiger partial charge in [-0.1, -0.05) is 0 Å². The number of hydrogen-bond donors (Lipinski definition) is 2. The van der Waals surface area contributed by atoms with Gasteiger partial charge in [-0.25, -0.2) is 29.9 Å². The van der Waals surface area contributed by atoms with Crippen LogP contribution in [0.2, 0.25) is 0 Å². The van der Waals surface area contributed by atoms with Crippen molar-refractivity contribution >= 4 is 44.1 Å². The van der Waals surface area contributed by atoms with Gasteiger partial charge in [-0.15, -0.1) is 0 Å². The third-order valence-electron chi connectivity index (χ3n) is 15.7. The predicted octanol–water partition coefficient (Wildman–Crippen LogP) is 15.1. The van der Waals surface area contributed by atoms with Gasteiger partial charge in [-0.3, -0.25) is 0 Å². The molecule has 7 aromatic heterocycles. The van der Waals surface area contributed by atoms with Gasteiger partial charge in [0.05, 0.1) is 26.4 Å². The summed E-state index contributed by atoms with van der Waals surface area (Å²) in [5, 5.41) is 3.39. The smallest absolute Gasteiger partial charge is 0.164 e. The zero-order chi connectivity index (χ0) is 56.3. The summed E-state index contributed by atoms with van der Waals surface area (Å²) in [6.45, 7) is 6.34. The maximum absolute atomic E-state index is 6.45. The van der Waals surface area contributed by atoms with Gasteiger partial charge in [0.1, 0.15) is 45.6 Å². The lowest BCUT2D eigenvalue weighted by Gasteiger charge is -2.08. The minimum Gasteiger partial charge on any atom is -0.494 e. The summed E-state index contributed by atoms with van der Waals surface area (Å²) in [7, 11) is 0. The van der Waals surface area contributed by atoms with Gasteiger partial charge in [0, 0.05) is 120 Å². The normalized spacial score (nSPS) is 11.8. The molecule has 0 unspecified atom stereocenters. The Labute approximate surface area is 488 Å². The second kappa shape index (κ2) is 25.8. The summed E-state index contributed by atoms with van der Waals surface area (Å²) in [6, 6.07) is 40.9. The summed E-state index contributed by atoms with van der Waals surface area (Å²) >= 11 is 0. The molecule has 0 saturated carbocycles. The van der Waals surface area contributed by atoms with Crippen LogP contribution in [-0.4, -0.2) is 84.6 Å². The number of aromatic nitrogens is 12. The third kappa shape index (κ3) is 12.8. The first kappa shape index (κ1) is 53.8. The minimum atomic E-state index is 0.497. The molecule has 16 heteroatoms. The van der Waals surface area contributed by atoms with Crippen LogP contribution >= 0.6 is 0 Å². The van der Waals surface area contributed by atoms with E-state index < -0.39 is 0 Å². The molecule has 8 bridgehead atoms. The van der Waals surface area contributed by atoms with Crippen molar-refractivity contribution in [1.29, 1.82) is 0 Å². The molecule has 2 N–H and O–H groups in total. The van der Waals surface area contributed by atoms with Gasteiger partial charge in [0.2, 0.25) is 0 Å². The van der Waals surface area contributed by atoms with Crippen molar-refractivity contribution < 1.29 is 18.9 Å². The maximum atomic E-state index is 6.45. The van der Waals surface area contributed by atoms with Crippen molar-refractivity contribution in [2.75, 3.05) is 26.4 Å². The van der Waals surface area contributed by atoms with E-state index in [2.05, 4.69) is 151 Å². The van der Waals surface area contributed by atoms with E-state index in [1.54, 1.807) is 0 Å². The van der Waals surface area contributed by atoms with Crippen LogP contribution in [0.3, 0.4) is 0 Å². The second-order valence-electron chi connectivity index (χ2n) is 21.8. The Morgan fingerprint density at radius 3 is 0.893 bits per heavy atom. The van der Waals surface area contributed by atoms with Gasteiger partial charge < -0.3 is 47.2 Å². The average Bonchev–Trinajstić information content (AvgIpc) is 3.93. The average molecular weight is 1120 g/mol. The quantitative estimate of drug-likeness (QED) is 0.0451. The molecule has 426 valence electrons. The van der Waals surface area contributed by atoms with Crippen LogP contribution < -0.4 is 18.9 Å². The first-order valence-corrected chi connectivity index (χ1v) is 29.9. The van der Waals surface area contributed by atoms with E-state index in [9.17, 15) is 0 Å². The molecule has 0 saturated heterocycles. The van der Waals surface area contributed by atoms with E-state index in [4.69, 9.17) is 48.9 Å². The molecule has 0 atom stereocenters. The number of H-pyrrole nitrogens is 2. The number of ether oxygens (including phenoxy) is 4. The molecule has 0 aliphatic carbocycles. The van der Waals surface area contributed by atoms with Crippen molar-refractivity contribution in [2.24, 2.45) is 0 Å². The highest BCUT2D eigenvalue weighted by Crippen LogP contribution is 2.40. The van der Waals surface area contributed by atoms with Crippen LogP contribution in [0.4, 0.5) is 0 Å². The Morgan fingerprint density at radius 2 is 0.560 bits per heavy atom. The molecule has 13 rings (SSSR count). The Balaban J connectivity index is 0.875. The SMILES string of the molecule is c1ccn(CCCCCOc2ccc3c(c2)-c2nc-3nc3[nH]c(nc4nc(nc5[nH]c(n2)c2ccc(OCCCCCn6cccc6)cc52)-c2ccc(OCCCCCn5cccc5)cc2-4)c2ccc(OCCCCCn4cccc4)cc32)c1. The lowest BCUT2D eigenvalue weighted by molar-refractivity contribution is 0.304. The van der Waals surface area contributed by atoms with E-state index in [1.165, 1.54) is 0 Å². The topological polar surface area (TPSA) is 166 Å². The lowest BCUT2D eigenvalue weighted by Crippen LogP contribution is -1.99. The molecule has 4 aromatic carbocycles. The molecule has 2 aliphatic heterocycles. The van der Waals surface area contributed by atoms with E-state index in [1.807, 2.05) is 48.5 Å². The van der Waals surface area contributed by atoms with E-state index in [0.717, 1.165) is 170 Å². The van der Waals surface area contributed by atoms with Gasteiger partial charge in [-0.2, -0.15) is 0 Å². The van der Waals surface area contributed by atoms with Gasteiger partial charge in [-0.05, 0) is 198 Å². The highest BCUT2D eigenvalue weighted by Gasteiger charge is 2.24. The minimum absolute atomic E-state index is 0.497. The molecule has 84 heavy (non-hydrogen) atoms. The fourth-order valence-corrected chi connectivity index (χ4v) is 11.2. The van der Waals surface area contributed by atoms with Crippen molar-refractivity contribution in [3.05, 3.63) is 171 Å². The number of rotatable bonds is 28. The molecule has 0 amide bonds. The molecule has 9 heterocycles. The molecule has 0 radical (unpaired) electrons. The number of aryl methyl sites for hydroxylation is 4. The Hall–Kier alpha value is -9.44. The summed E-state index contributed by atoms with van der Waals surface area (Å²) < 4.78 is 34.7. The fourth-order valence-electron chi connectivity index (χ4n) is 11.2. The van der Waals surface area contributed by atoms with E-state index in [-0.39, 0.29) is 0 Å². The molecular formula is C68H70N12O4. The second-order valence-corrected chi connectivity index (χ2v) is 21.8. The zero-order valence-electron chi connectivity index (χ0n) is 47.4. The summed E-state index contributed by atoms with van der Waals surface area (Å²) in [5.74, 6) is 4.99. The molecule has 11 aromatic rings. The van der Waals surface area contributed by atoms with Crippen molar-refractivity contribution in [2.45, 2.75) is 103 Å². The highest BCUT2D eigenvalue weighted by atomic mass is 16.5. The lowest BCUT2D eigenvalue weighted by atomic mass is 10.1. The van der Waals surface area contributed by atoms with Crippen LogP contribution in [0.1, 0.15) is 77.0 Å². The van der Waals surface area contributed by atoms with Crippen LogP contribution in [-0.2, 0) is 26.2 Å². The molecule has 2 aliphatic rings. The van der Waals surface area contributed by atoms with Crippen LogP contribution in [0, 0.1) is 0 Å².